The summed E-state index contributed by atoms with van der Waals surface area (Å²) in [5, 5.41) is 3.12. The number of nitrogens with zero attached hydrogens (tertiary/aromatic N) is 2. The van der Waals surface area contributed by atoms with Crippen LogP contribution in [-0.2, 0) is 17.6 Å². The number of amides is 1. The molecule has 0 aliphatic carbocycles. The SMILES string of the molecule is CC(C)[C@@H]1CCCN1C(=O)Cc1csc(Cc2ccccc2)n1. The summed E-state index contributed by atoms with van der Waals surface area (Å²) in [5.41, 5.74) is 2.18. The number of rotatable bonds is 5. The van der Waals surface area contributed by atoms with Crippen LogP contribution in [0.1, 0.15) is 43.0 Å². The van der Waals surface area contributed by atoms with Crippen molar-refractivity contribution in [3.8, 4) is 0 Å². The first kappa shape index (κ1) is 16.2. The first-order chi connectivity index (χ1) is 11.1. The van der Waals surface area contributed by atoms with E-state index in [0.717, 1.165) is 36.5 Å². The van der Waals surface area contributed by atoms with Crippen molar-refractivity contribution >= 4 is 17.2 Å². The quantitative estimate of drug-likeness (QED) is 0.833. The average Bonchev–Trinajstić information content (AvgIpc) is 3.17. The number of aromatic nitrogens is 1. The molecule has 1 aliphatic rings. The predicted molar refractivity (Wildman–Crippen MR) is 94.6 cm³/mol. The van der Waals surface area contributed by atoms with Gasteiger partial charge >= 0.3 is 0 Å². The molecule has 0 unspecified atom stereocenters. The Balaban J connectivity index is 1.61. The van der Waals surface area contributed by atoms with Crippen LogP contribution in [0.4, 0.5) is 0 Å². The second-order valence-electron chi connectivity index (χ2n) is 6.61. The van der Waals surface area contributed by atoms with Gasteiger partial charge in [-0.15, -0.1) is 11.3 Å². The fourth-order valence-corrected chi connectivity index (χ4v) is 4.16. The van der Waals surface area contributed by atoms with Gasteiger partial charge in [-0.25, -0.2) is 4.98 Å². The molecule has 0 bridgehead atoms. The van der Waals surface area contributed by atoms with Crippen molar-refractivity contribution in [1.29, 1.82) is 0 Å². The van der Waals surface area contributed by atoms with Crippen molar-refractivity contribution in [2.24, 2.45) is 5.92 Å². The van der Waals surface area contributed by atoms with Gasteiger partial charge < -0.3 is 4.90 Å². The van der Waals surface area contributed by atoms with E-state index in [0.29, 0.717) is 18.4 Å². The summed E-state index contributed by atoms with van der Waals surface area (Å²) in [6.45, 7) is 5.32. The number of hydrogen-bond donors (Lipinski definition) is 0. The zero-order valence-electron chi connectivity index (χ0n) is 13.9. The Morgan fingerprint density at radius 2 is 2.13 bits per heavy atom. The summed E-state index contributed by atoms with van der Waals surface area (Å²) in [7, 11) is 0. The van der Waals surface area contributed by atoms with E-state index in [9.17, 15) is 4.79 Å². The lowest BCUT2D eigenvalue weighted by molar-refractivity contribution is -0.132. The van der Waals surface area contributed by atoms with Crippen LogP contribution in [0.5, 0.6) is 0 Å². The molecule has 1 aliphatic heterocycles. The second kappa shape index (κ2) is 7.26. The Labute approximate surface area is 142 Å². The number of thiazole rings is 1. The molecule has 1 fully saturated rings. The molecule has 3 rings (SSSR count). The lowest BCUT2D eigenvalue weighted by Gasteiger charge is -2.27. The Hall–Kier alpha value is -1.68. The first-order valence-corrected chi connectivity index (χ1v) is 9.28. The second-order valence-corrected chi connectivity index (χ2v) is 7.56. The lowest BCUT2D eigenvalue weighted by Crippen LogP contribution is -2.39. The third kappa shape index (κ3) is 3.99. The molecular formula is C19H24N2OS. The smallest absolute Gasteiger partial charge is 0.228 e. The molecule has 0 radical (unpaired) electrons. The van der Waals surface area contributed by atoms with E-state index in [4.69, 9.17) is 0 Å². The molecule has 0 N–H and O–H groups in total. The van der Waals surface area contributed by atoms with Crippen LogP contribution in [0.2, 0.25) is 0 Å². The Morgan fingerprint density at radius 3 is 2.87 bits per heavy atom. The number of hydrogen-bond acceptors (Lipinski definition) is 3. The topological polar surface area (TPSA) is 33.2 Å². The standard InChI is InChI=1S/C19H24N2OS/c1-14(2)17-9-6-10-21(17)19(22)12-16-13-23-18(20-16)11-15-7-4-3-5-8-15/h3-5,7-8,13-14,17H,6,9-12H2,1-2H3/t17-/m0/s1. The van der Waals surface area contributed by atoms with E-state index < -0.39 is 0 Å². The zero-order valence-corrected chi connectivity index (χ0v) is 14.7. The van der Waals surface area contributed by atoms with Crippen LogP contribution in [0.25, 0.3) is 0 Å². The molecule has 1 saturated heterocycles. The van der Waals surface area contributed by atoms with Crippen molar-refractivity contribution in [3.05, 3.63) is 52.0 Å². The van der Waals surface area contributed by atoms with E-state index in [1.165, 1.54) is 5.56 Å². The van der Waals surface area contributed by atoms with E-state index in [2.05, 4.69) is 35.9 Å². The van der Waals surface area contributed by atoms with Gasteiger partial charge in [-0.3, -0.25) is 4.79 Å². The average molecular weight is 328 g/mol. The molecular weight excluding hydrogens is 304 g/mol. The number of carbonyl (C=O) groups excluding carboxylic acids is 1. The van der Waals surface area contributed by atoms with Crippen molar-refractivity contribution in [2.45, 2.75) is 45.6 Å². The van der Waals surface area contributed by atoms with E-state index in [-0.39, 0.29) is 5.91 Å². The highest BCUT2D eigenvalue weighted by atomic mass is 32.1. The molecule has 23 heavy (non-hydrogen) atoms. The minimum absolute atomic E-state index is 0.234. The summed E-state index contributed by atoms with van der Waals surface area (Å²) in [5.74, 6) is 0.767. The highest BCUT2D eigenvalue weighted by Gasteiger charge is 2.30. The lowest BCUT2D eigenvalue weighted by atomic mass is 10.0. The number of carbonyl (C=O) groups is 1. The molecule has 1 aromatic heterocycles. The van der Waals surface area contributed by atoms with Crippen molar-refractivity contribution in [1.82, 2.24) is 9.88 Å². The summed E-state index contributed by atoms with van der Waals surface area (Å²) in [6, 6.07) is 10.8. The van der Waals surface area contributed by atoms with Crippen LogP contribution >= 0.6 is 11.3 Å². The van der Waals surface area contributed by atoms with Gasteiger partial charge in [0.2, 0.25) is 5.91 Å². The maximum absolute atomic E-state index is 12.6. The summed E-state index contributed by atoms with van der Waals surface area (Å²) in [4.78, 5) is 19.3. The third-order valence-electron chi connectivity index (χ3n) is 4.52. The van der Waals surface area contributed by atoms with Crippen LogP contribution in [0.3, 0.4) is 0 Å². The van der Waals surface area contributed by atoms with Gasteiger partial charge in [0, 0.05) is 24.4 Å². The molecule has 3 nitrogen and oxygen atoms in total. The summed E-state index contributed by atoms with van der Waals surface area (Å²) < 4.78 is 0. The van der Waals surface area contributed by atoms with E-state index in [1.807, 2.05) is 23.6 Å². The molecule has 122 valence electrons. The maximum Gasteiger partial charge on any atom is 0.228 e. The van der Waals surface area contributed by atoms with Crippen LogP contribution in [0, 0.1) is 5.92 Å². The van der Waals surface area contributed by atoms with Gasteiger partial charge in [0.1, 0.15) is 0 Å². The normalized spacial score (nSPS) is 17.9. The van der Waals surface area contributed by atoms with Crippen molar-refractivity contribution in [2.75, 3.05) is 6.54 Å². The third-order valence-corrected chi connectivity index (χ3v) is 5.42. The van der Waals surface area contributed by atoms with Gasteiger partial charge in [-0.2, -0.15) is 0 Å². The molecule has 1 atom stereocenters. The molecule has 2 aromatic rings. The van der Waals surface area contributed by atoms with Gasteiger partial charge in [-0.1, -0.05) is 44.2 Å². The van der Waals surface area contributed by atoms with Gasteiger partial charge in [-0.05, 0) is 24.3 Å². The first-order valence-electron chi connectivity index (χ1n) is 8.40. The molecule has 4 heteroatoms. The van der Waals surface area contributed by atoms with E-state index in [1.54, 1.807) is 11.3 Å². The van der Waals surface area contributed by atoms with Gasteiger partial charge in [0.05, 0.1) is 17.1 Å². The molecule has 0 spiro atoms. The molecule has 1 aromatic carbocycles. The maximum atomic E-state index is 12.6. The Morgan fingerprint density at radius 1 is 1.35 bits per heavy atom. The summed E-state index contributed by atoms with van der Waals surface area (Å²) >= 11 is 1.65. The Bertz CT molecular complexity index is 650. The highest BCUT2D eigenvalue weighted by Crippen LogP contribution is 2.25. The van der Waals surface area contributed by atoms with E-state index >= 15 is 0 Å². The number of benzene rings is 1. The largest absolute Gasteiger partial charge is 0.339 e. The van der Waals surface area contributed by atoms with Crippen LogP contribution < -0.4 is 0 Å². The molecule has 2 heterocycles. The van der Waals surface area contributed by atoms with Crippen LogP contribution in [0.15, 0.2) is 35.7 Å². The van der Waals surface area contributed by atoms with Crippen molar-refractivity contribution < 1.29 is 4.79 Å². The Kier molecular flexibility index (Phi) is 5.11. The zero-order chi connectivity index (χ0) is 16.2. The fraction of sp³-hybridized carbons (Fsp3) is 0.474. The minimum atomic E-state index is 0.234. The summed E-state index contributed by atoms with van der Waals surface area (Å²) in [6.07, 6.45) is 3.55. The van der Waals surface area contributed by atoms with Crippen LogP contribution in [-0.4, -0.2) is 28.4 Å². The molecule has 0 saturated carbocycles. The van der Waals surface area contributed by atoms with Gasteiger partial charge in [0.25, 0.3) is 0 Å². The monoisotopic (exact) mass is 328 g/mol. The molecule has 1 amide bonds. The minimum Gasteiger partial charge on any atom is -0.339 e. The number of likely N-dealkylation sites (tertiary alicyclic amines) is 1. The van der Waals surface area contributed by atoms with Crippen molar-refractivity contribution in [3.63, 3.8) is 0 Å². The predicted octanol–water partition coefficient (Wildman–Crippen LogP) is 3.92. The van der Waals surface area contributed by atoms with Gasteiger partial charge in [0.15, 0.2) is 0 Å². The fourth-order valence-electron chi connectivity index (χ4n) is 3.33. The highest BCUT2D eigenvalue weighted by molar-refractivity contribution is 7.09.